The smallest absolute Gasteiger partial charge is 0.246 e. The van der Waals surface area contributed by atoms with Gasteiger partial charge in [0.25, 0.3) is 0 Å². The Hall–Kier alpha value is -3.52. The zero-order valence-electron chi connectivity index (χ0n) is 23.3. The van der Waals surface area contributed by atoms with Crippen LogP contribution in [0, 0.1) is 17.7 Å². The molecule has 2 aromatic rings. The topological polar surface area (TPSA) is 65.5 Å². The number of fused-ring (bicyclic) bond motifs is 1. The van der Waals surface area contributed by atoms with Crippen LogP contribution in [0.4, 0.5) is 4.39 Å². The van der Waals surface area contributed by atoms with Gasteiger partial charge < -0.3 is 19.5 Å². The average Bonchev–Trinajstić information content (AvgIpc) is 3.36. The number of halogens is 1. The normalized spacial score (nSPS) is 22.9. The van der Waals surface area contributed by atoms with Gasteiger partial charge in [0.15, 0.2) is 5.78 Å². The van der Waals surface area contributed by atoms with Crippen molar-refractivity contribution in [2.75, 3.05) is 39.8 Å². The molecule has 0 bridgehead atoms. The van der Waals surface area contributed by atoms with Crippen LogP contribution in [0.2, 0.25) is 0 Å². The number of piperidine rings is 1. The lowest BCUT2D eigenvalue weighted by Gasteiger charge is -2.32. The highest BCUT2D eigenvalue weighted by Crippen LogP contribution is 2.29. The molecule has 5 rings (SSSR count). The van der Waals surface area contributed by atoms with Gasteiger partial charge in [0, 0.05) is 44.0 Å². The number of hydrogen-bond acceptors (Lipinski definition) is 6. The molecule has 0 aromatic heterocycles. The monoisotopic (exact) mass is 546 g/mol. The Morgan fingerprint density at radius 3 is 2.48 bits per heavy atom. The maximum absolute atomic E-state index is 13.3. The van der Waals surface area contributed by atoms with E-state index in [2.05, 4.69) is 27.2 Å². The van der Waals surface area contributed by atoms with Crippen LogP contribution in [0.15, 0.2) is 72.0 Å². The molecule has 2 aromatic carbocycles. The molecule has 2 fully saturated rings. The summed E-state index contributed by atoms with van der Waals surface area (Å²) >= 11 is 0. The van der Waals surface area contributed by atoms with Crippen molar-refractivity contribution in [3.05, 3.63) is 83.8 Å². The van der Waals surface area contributed by atoms with Crippen molar-refractivity contribution in [3.8, 4) is 0 Å². The highest BCUT2D eigenvalue weighted by Gasteiger charge is 2.41. The molecule has 2 saturated heterocycles. The molecule has 0 radical (unpaired) electrons. The van der Waals surface area contributed by atoms with Crippen molar-refractivity contribution in [3.63, 3.8) is 0 Å². The van der Waals surface area contributed by atoms with Gasteiger partial charge in [0.2, 0.25) is 5.91 Å². The van der Waals surface area contributed by atoms with E-state index < -0.39 is 0 Å². The summed E-state index contributed by atoms with van der Waals surface area (Å²) in [4.78, 5) is 38.1. The van der Waals surface area contributed by atoms with Gasteiger partial charge in [-0.1, -0.05) is 41.6 Å². The van der Waals surface area contributed by atoms with Gasteiger partial charge in [-0.3, -0.25) is 9.59 Å². The van der Waals surface area contributed by atoms with Crippen LogP contribution in [0.3, 0.4) is 0 Å². The number of carbonyl (C=O) groups excluding carboxylic acids is 2. The summed E-state index contributed by atoms with van der Waals surface area (Å²) < 4.78 is 13.2. The van der Waals surface area contributed by atoms with E-state index in [1.807, 2.05) is 42.3 Å². The Kier molecular flexibility index (Phi) is 9.26. The molecule has 1 amide bonds. The zero-order chi connectivity index (χ0) is 27.9. The van der Waals surface area contributed by atoms with Crippen molar-refractivity contribution in [2.24, 2.45) is 17.0 Å². The van der Waals surface area contributed by atoms with Crippen molar-refractivity contribution < 1.29 is 18.8 Å². The fourth-order valence-electron chi connectivity index (χ4n) is 5.96. The summed E-state index contributed by atoms with van der Waals surface area (Å²) in [5, 5.41) is 4.50. The minimum absolute atomic E-state index is 0.0131. The lowest BCUT2D eigenvalue weighted by Crippen LogP contribution is -2.46. The minimum atomic E-state index is -0.317. The number of likely N-dealkylation sites (N-methyl/N-ethyl adjacent to an activating group) is 1. The van der Waals surface area contributed by atoms with Gasteiger partial charge in [-0.05, 0) is 81.3 Å². The number of ketones is 1. The molecule has 0 aliphatic carbocycles. The standard InChI is InChI=1S/C32H39FN4O3/c1-35-19-16-29(34-40-23-24-7-3-2-4-8-24)28-15-22-37(30(28)32(35)39)18-6-5-17-36-20-13-26(14-21-36)31(38)25-9-11-27(33)12-10-25/h2-4,7-12,15,22,26,28,30H,5-6,13-14,16-21,23H2,1H3/b34-29-. The van der Waals surface area contributed by atoms with Crippen molar-refractivity contribution in [1.82, 2.24) is 14.7 Å². The second-order valence-electron chi connectivity index (χ2n) is 11.1. The second-order valence-corrected chi connectivity index (χ2v) is 11.1. The SMILES string of the molecule is CN1CC/C(=N/OCc2ccccc2)C2C=CN(CCCCN3CCC(C(=O)c4ccc(F)cc4)CC3)C2C1=O. The number of unbranched alkanes of at least 4 members (excludes halogenated alkanes) is 1. The third-order valence-corrected chi connectivity index (χ3v) is 8.38. The Bertz CT molecular complexity index is 1210. The Balaban J connectivity index is 1.07. The third-order valence-electron chi connectivity index (χ3n) is 8.38. The molecule has 0 N–H and O–H groups in total. The number of Topliss-reactive ketones (excluding diaryl/α,β-unsaturated/α-hetero) is 1. The van der Waals surface area contributed by atoms with Gasteiger partial charge in [-0.25, -0.2) is 4.39 Å². The number of rotatable bonds is 10. The molecule has 3 aliphatic rings. The van der Waals surface area contributed by atoms with Crippen LogP contribution < -0.4 is 0 Å². The number of nitrogens with zero attached hydrogens (tertiary/aromatic N) is 4. The molecule has 2 atom stereocenters. The Labute approximate surface area is 236 Å². The first kappa shape index (κ1) is 28.0. The number of carbonyl (C=O) groups is 2. The van der Waals surface area contributed by atoms with E-state index in [0.29, 0.717) is 25.1 Å². The van der Waals surface area contributed by atoms with Crippen LogP contribution in [0.5, 0.6) is 0 Å². The first-order valence-corrected chi connectivity index (χ1v) is 14.4. The van der Waals surface area contributed by atoms with Gasteiger partial charge in [-0.2, -0.15) is 0 Å². The maximum atomic E-state index is 13.3. The molecule has 8 heteroatoms. The number of benzene rings is 2. The van der Waals surface area contributed by atoms with E-state index >= 15 is 0 Å². The second kappa shape index (κ2) is 13.2. The van der Waals surface area contributed by atoms with E-state index in [1.165, 1.54) is 12.1 Å². The van der Waals surface area contributed by atoms with Crippen LogP contribution in [0.25, 0.3) is 0 Å². The molecule has 2 unspecified atom stereocenters. The Morgan fingerprint density at radius 1 is 1.00 bits per heavy atom. The van der Waals surface area contributed by atoms with Crippen LogP contribution in [-0.4, -0.2) is 77.9 Å². The predicted octanol–water partition coefficient (Wildman–Crippen LogP) is 4.75. The first-order valence-electron chi connectivity index (χ1n) is 14.4. The molecular weight excluding hydrogens is 507 g/mol. The van der Waals surface area contributed by atoms with Crippen molar-refractivity contribution in [2.45, 2.75) is 44.8 Å². The lowest BCUT2D eigenvalue weighted by molar-refractivity contribution is -0.134. The van der Waals surface area contributed by atoms with E-state index in [-0.39, 0.29) is 35.4 Å². The summed E-state index contributed by atoms with van der Waals surface area (Å²) in [6.45, 7) is 4.65. The maximum Gasteiger partial charge on any atom is 0.246 e. The van der Waals surface area contributed by atoms with Crippen molar-refractivity contribution in [1.29, 1.82) is 0 Å². The summed E-state index contributed by atoms with van der Waals surface area (Å²) in [5.41, 5.74) is 2.60. The van der Waals surface area contributed by atoms with Crippen molar-refractivity contribution >= 4 is 17.4 Å². The lowest BCUT2D eigenvalue weighted by atomic mass is 9.89. The number of amides is 1. The summed E-state index contributed by atoms with van der Waals surface area (Å²) in [5.74, 6) is -0.106. The zero-order valence-corrected chi connectivity index (χ0v) is 23.3. The molecule has 0 spiro atoms. The molecule has 40 heavy (non-hydrogen) atoms. The van der Waals surface area contributed by atoms with Crippen LogP contribution >= 0.6 is 0 Å². The average molecular weight is 547 g/mol. The van der Waals surface area contributed by atoms with Crippen LogP contribution in [-0.2, 0) is 16.2 Å². The number of likely N-dealkylation sites (tertiary alicyclic amines) is 2. The minimum Gasteiger partial charge on any atom is -0.391 e. The molecule has 3 heterocycles. The van der Waals surface area contributed by atoms with Gasteiger partial charge in [-0.15, -0.1) is 0 Å². The number of oxime groups is 1. The fraction of sp³-hybridized carbons (Fsp3) is 0.469. The molecule has 7 nitrogen and oxygen atoms in total. The predicted molar refractivity (Wildman–Crippen MR) is 153 cm³/mol. The molecule has 0 saturated carbocycles. The summed E-state index contributed by atoms with van der Waals surface area (Å²) in [7, 11) is 1.87. The van der Waals surface area contributed by atoms with Gasteiger partial charge >= 0.3 is 0 Å². The third kappa shape index (κ3) is 6.78. The van der Waals surface area contributed by atoms with E-state index in [0.717, 1.165) is 63.1 Å². The Morgan fingerprint density at radius 2 is 1.73 bits per heavy atom. The van der Waals surface area contributed by atoms with E-state index in [1.54, 1.807) is 12.1 Å². The summed E-state index contributed by atoms with van der Waals surface area (Å²) in [6.07, 6.45) is 8.56. The van der Waals surface area contributed by atoms with Gasteiger partial charge in [0.1, 0.15) is 18.5 Å². The highest BCUT2D eigenvalue weighted by molar-refractivity contribution is 5.98. The number of hydrogen-bond donors (Lipinski definition) is 0. The molecule has 3 aliphatic heterocycles. The molecule has 212 valence electrons. The molecular formula is C32H39FN4O3. The first-order chi connectivity index (χ1) is 19.5. The quantitative estimate of drug-likeness (QED) is 0.245. The van der Waals surface area contributed by atoms with E-state index in [4.69, 9.17) is 4.84 Å². The fourth-order valence-corrected chi connectivity index (χ4v) is 5.96. The summed E-state index contributed by atoms with van der Waals surface area (Å²) in [6, 6.07) is 15.6. The van der Waals surface area contributed by atoms with Crippen LogP contribution in [0.1, 0.15) is 48.0 Å². The van der Waals surface area contributed by atoms with E-state index in [9.17, 15) is 14.0 Å². The van der Waals surface area contributed by atoms with Gasteiger partial charge in [0.05, 0.1) is 5.71 Å². The highest BCUT2D eigenvalue weighted by atomic mass is 19.1. The largest absolute Gasteiger partial charge is 0.391 e.